The maximum absolute atomic E-state index is 10.6. The van der Waals surface area contributed by atoms with Crippen LogP contribution in [0.15, 0.2) is 0 Å². The van der Waals surface area contributed by atoms with Gasteiger partial charge in [0.2, 0.25) is 0 Å². The number of hydrogen-bond donors (Lipinski definition) is 1. The van der Waals surface area contributed by atoms with Crippen molar-refractivity contribution in [2.75, 3.05) is 0 Å². The Hall–Kier alpha value is -0.0400. The van der Waals surface area contributed by atoms with E-state index in [1.807, 2.05) is 0 Å². The minimum absolute atomic E-state index is 0.104. The lowest BCUT2D eigenvalue weighted by molar-refractivity contribution is -0.193. The summed E-state index contributed by atoms with van der Waals surface area (Å²) in [5, 5.41) is 10.6. The second kappa shape index (κ2) is 4.23. The maximum Gasteiger partial charge on any atom is 0.0573 e. The zero-order chi connectivity index (χ0) is 13.1. The first kappa shape index (κ1) is 13.0. The molecule has 0 saturated heterocycles. The Morgan fingerprint density at radius 1 is 0.944 bits per heavy atom. The van der Waals surface area contributed by atoms with Crippen LogP contribution >= 0.6 is 0 Å². The summed E-state index contributed by atoms with van der Waals surface area (Å²) in [5.74, 6) is 5.03. The van der Waals surface area contributed by atoms with Crippen LogP contribution in [0.5, 0.6) is 0 Å². The van der Waals surface area contributed by atoms with Gasteiger partial charge in [-0.2, -0.15) is 0 Å². The van der Waals surface area contributed by atoms with Gasteiger partial charge in [0.25, 0.3) is 0 Å². The summed E-state index contributed by atoms with van der Waals surface area (Å²) < 4.78 is 0. The van der Waals surface area contributed by atoms with E-state index in [1.54, 1.807) is 0 Å². The predicted molar refractivity (Wildman–Crippen MR) is 75.2 cm³/mol. The van der Waals surface area contributed by atoms with Crippen LogP contribution in [-0.2, 0) is 0 Å². The van der Waals surface area contributed by atoms with Crippen molar-refractivity contribution in [1.29, 1.82) is 0 Å². The summed E-state index contributed by atoms with van der Waals surface area (Å²) >= 11 is 0. The molecular weight excluding hydrogens is 220 g/mol. The fourth-order valence-electron chi connectivity index (χ4n) is 6.43. The smallest absolute Gasteiger partial charge is 0.0573 e. The van der Waals surface area contributed by atoms with Gasteiger partial charge in [-0.1, -0.05) is 20.8 Å². The summed E-state index contributed by atoms with van der Waals surface area (Å²) in [6.07, 6.45) is 6.78. The van der Waals surface area contributed by atoms with Crippen LogP contribution in [0.3, 0.4) is 0 Å². The van der Waals surface area contributed by atoms with Gasteiger partial charge in [-0.05, 0) is 74.5 Å². The summed E-state index contributed by atoms with van der Waals surface area (Å²) in [6, 6.07) is 0. The molecule has 3 aliphatic carbocycles. The molecule has 3 fully saturated rings. The van der Waals surface area contributed by atoms with Gasteiger partial charge in [-0.25, -0.2) is 0 Å². The van der Waals surface area contributed by atoms with Crippen LogP contribution in [0.25, 0.3) is 0 Å². The van der Waals surface area contributed by atoms with E-state index in [-0.39, 0.29) is 11.5 Å². The van der Waals surface area contributed by atoms with E-state index < -0.39 is 0 Å². The van der Waals surface area contributed by atoms with Crippen LogP contribution < -0.4 is 0 Å². The minimum atomic E-state index is -0.104. The fourth-order valence-corrected chi connectivity index (χ4v) is 6.43. The monoisotopic (exact) mass is 250 g/mol. The van der Waals surface area contributed by atoms with Gasteiger partial charge in [-0.3, -0.25) is 0 Å². The molecule has 0 aromatic carbocycles. The first-order valence-corrected chi connectivity index (χ1v) is 8.13. The van der Waals surface area contributed by atoms with Crippen molar-refractivity contribution in [2.24, 2.45) is 40.9 Å². The largest absolute Gasteiger partial charge is 0.393 e. The number of hydrogen-bond acceptors (Lipinski definition) is 1. The van der Waals surface area contributed by atoms with Gasteiger partial charge >= 0.3 is 0 Å². The third-order valence-corrected chi connectivity index (χ3v) is 6.81. The highest BCUT2D eigenvalue weighted by molar-refractivity contribution is 5.09. The molecule has 0 aromatic rings. The summed E-state index contributed by atoms with van der Waals surface area (Å²) in [5.41, 5.74) is 0.270. The molecular formula is C17H30O. The number of aliphatic hydroxyl groups excluding tert-OH is 1. The number of aliphatic hydroxyl groups is 1. The van der Waals surface area contributed by atoms with Crippen molar-refractivity contribution in [3.05, 3.63) is 0 Å². The quantitative estimate of drug-likeness (QED) is 0.743. The lowest BCUT2D eigenvalue weighted by Gasteiger charge is -2.65. The molecule has 0 radical (unpaired) electrons. The molecule has 8 atom stereocenters. The molecule has 104 valence electrons. The molecule has 3 aliphatic rings. The van der Waals surface area contributed by atoms with E-state index in [0.29, 0.717) is 0 Å². The molecule has 0 aromatic heterocycles. The molecule has 8 unspecified atom stereocenters. The predicted octanol–water partition coefficient (Wildman–Crippen LogP) is 4.10. The van der Waals surface area contributed by atoms with Crippen molar-refractivity contribution in [2.45, 2.75) is 65.9 Å². The molecule has 0 aliphatic heterocycles. The van der Waals surface area contributed by atoms with E-state index in [0.717, 1.165) is 35.5 Å². The van der Waals surface area contributed by atoms with Crippen LogP contribution in [0.2, 0.25) is 0 Å². The molecule has 1 heteroatoms. The average Bonchev–Trinajstić information content (AvgIpc) is 2.26. The standard InChI is InChI=1S/C17H30O/c1-10-6-15-12(3)8-14-5-11(2)9-17(15,13(4)18)16(14)7-10/h10-16,18H,5-9H2,1-4H3. The third kappa shape index (κ3) is 1.62. The SMILES string of the molecule is CC1CC2C(C)CC3CC(C)CC2(C(C)O)C3C1. The Kier molecular flexibility index (Phi) is 3.05. The van der Waals surface area contributed by atoms with Gasteiger partial charge in [-0.15, -0.1) is 0 Å². The Balaban J connectivity index is 2.04. The van der Waals surface area contributed by atoms with E-state index in [2.05, 4.69) is 27.7 Å². The Morgan fingerprint density at radius 2 is 1.61 bits per heavy atom. The molecule has 3 saturated carbocycles. The molecule has 3 rings (SSSR count). The van der Waals surface area contributed by atoms with Crippen LogP contribution in [0.4, 0.5) is 0 Å². The van der Waals surface area contributed by atoms with Crippen molar-refractivity contribution < 1.29 is 5.11 Å². The Bertz CT molecular complexity index is 314. The number of rotatable bonds is 1. The van der Waals surface area contributed by atoms with Crippen LogP contribution in [0, 0.1) is 40.9 Å². The molecule has 4 bridgehead atoms. The highest BCUT2D eigenvalue weighted by Gasteiger charge is 2.61. The van der Waals surface area contributed by atoms with Gasteiger partial charge in [0, 0.05) is 5.41 Å². The first-order valence-electron chi connectivity index (χ1n) is 8.13. The molecule has 1 nitrogen and oxygen atoms in total. The fraction of sp³-hybridized carbons (Fsp3) is 1.00. The van der Waals surface area contributed by atoms with Crippen molar-refractivity contribution in [3.63, 3.8) is 0 Å². The van der Waals surface area contributed by atoms with Gasteiger partial charge in [0.1, 0.15) is 0 Å². The van der Waals surface area contributed by atoms with Gasteiger partial charge in [0.05, 0.1) is 6.10 Å². The average molecular weight is 250 g/mol. The molecule has 1 N–H and O–H groups in total. The van der Waals surface area contributed by atoms with E-state index in [4.69, 9.17) is 0 Å². The van der Waals surface area contributed by atoms with Crippen molar-refractivity contribution in [3.8, 4) is 0 Å². The summed E-state index contributed by atoms with van der Waals surface area (Å²) in [4.78, 5) is 0. The topological polar surface area (TPSA) is 20.2 Å². The lowest BCUT2D eigenvalue weighted by atomic mass is 9.40. The Morgan fingerprint density at radius 3 is 2.28 bits per heavy atom. The van der Waals surface area contributed by atoms with Gasteiger partial charge in [0.15, 0.2) is 0 Å². The van der Waals surface area contributed by atoms with Crippen molar-refractivity contribution >= 4 is 0 Å². The van der Waals surface area contributed by atoms with E-state index in [9.17, 15) is 5.11 Å². The molecule has 18 heavy (non-hydrogen) atoms. The van der Waals surface area contributed by atoms with E-state index in [1.165, 1.54) is 32.1 Å². The second-order valence-corrected chi connectivity index (χ2v) is 8.10. The normalized spacial score (nSPS) is 57.2. The lowest BCUT2D eigenvalue weighted by Crippen LogP contribution is -2.61. The summed E-state index contributed by atoms with van der Waals surface area (Å²) in [6.45, 7) is 9.40. The highest BCUT2D eigenvalue weighted by atomic mass is 16.3. The molecule has 0 amide bonds. The van der Waals surface area contributed by atoms with E-state index >= 15 is 0 Å². The zero-order valence-electron chi connectivity index (χ0n) is 12.5. The zero-order valence-corrected chi connectivity index (χ0v) is 12.5. The molecule has 0 spiro atoms. The highest BCUT2D eigenvalue weighted by Crippen LogP contribution is 2.66. The minimum Gasteiger partial charge on any atom is -0.393 e. The Labute approximate surface area is 112 Å². The van der Waals surface area contributed by atoms with Gasteiger partial charge < -0.3 is 5.11 Å². The summed E-state index contributed by atoms with van der Waals surface area (Å²) in [7, 11) is 0. The first-order chi connectivity index (χ1) is 8.45. The van der Waals surface area contributed by atoms with Crippen LogP contribution in [0.1, 0.15) is 59.8 Å². The molecule has 0 heterocycles. The van der Waals surface area contributed by atoms with Crippen LogP contribution in [-0.4, -0.2) is 11.2 Å². The van der Waals surface area contributed by atoms with Crippen molar-refractivity contribution in [1.82, 2.24) is 0 Å². The third-order valence-electron chi connectivity index (χ3n) is 6.81. The maximum atomic E-state index is 10.6. The second-order valence-electron chi connectivity index (χ2n) is 8.10.